The van der Waals surface area contributed by atoms with E-state index in [1.165, 1.54) is 56.6 Å². The molecule has 3 fully saturated rings. The first kappa shape index (κ1) is 47.2. The summed E-state index contributed by atoms with van der Waals surface area (Å²) in [6.45, 7) is 8.70. The lowest BCUT2D eigenvalue weighted by atomic mass is 9.82. The molecule has 6 aliphatic rings. The molecule has 0 radical (unpaired) electrons. The van der Waals surface area contributed by atoms with Gasteiger partial charge in [0.1, 0.15) is 16.8 Å². The molecule has 14 nitrogen and oxygen atoms in total. The number of alkyl carbamates (subject to hydrolysis) is 1. The predicted molar refractivity (Wildman–Crippen MR) is 262 cm³/mol. The van der Waals surface area contributed by atoms with Gasteiger partial charge in [0.25, 0.3) is 10.0 Å². The Morgan fingerprint density at radius 1 is 0.779 bits per heavy atom. The van der Waals surface area contributed by atoms with Gasteiger partial charge in [-0.05, 0) is 125 Å². The summed E-state index contributed by atoms with van der Waals surface area (Å²) in [5.74, 6) is -1.36. The monoisotopic (exact) mass is 944 g/mol. The average molecular weight is 945 g/mol. The summed E-state index contributed by atoms with van der Waals surface area (Å²) >= 11 is 0. The molecule has 1 saturated carbocycles. The maximum Gasteiger partial charge on any atom is 0.407 e. The highest BCUT2D eigenvalue weighted by Gasteiger charge is 2.44. The van der Waals surface area contributed by atoms with Crippen LogP contribution in [0.3, 0.4) is 0 Å². The van der Waals surface area contributed by atoms with E-state index in [2.05, 4.69) is 51.4 Å². The van der Waals surface area contributed by atoms with E-state index in [9.17, 15) is 27.6 Å². The minimum absolute atomic E-state index is 0.0454. The van der Waals surface area contributed by atoms with Gasteiger partial charge in [-0.3, -0.25) is 19.4 Å². The zero-order chi connectivity index (χ0) is 48.1. The number of amides is 3. The lowest BCUT2D eigenvalue weighted by molar-refractivity contribution is -0.148. The summed E-state index contributed by atoms with van der Waals surface area (Å²) in [5, 5.41) is 6.11. The molecule has 3 aromatic carbocycles. The van der Waals surface area contributed by atoms with Gasteiger partial charge in [-0.25, -0.2) is 4.79 Å². The standard InChI is InChI=1S/C53H64N6O8S/c1-31(2)39(27-47(60)66-5)50(61)59-24-10-12-45(59)49-55-43-25-35(17-20-46(43)68(64,65)57-49)38-19-18-37(40-28-53(29-41(38)40)21-7-8-22-53)34-15-13-33(14-16-34)36-26-42(54-30-36)44-11-9-23-58(44)51(62)48(32(3)4)56-52(63)67-6/h13-20,25,30-32,39,44-45,48H,7-12,21-24,26-29H2,1-6H3,(H,55,57)(H,56,63)/t39-,44-,45-,48-/m0/s1. The van der Waals surface area contributed by atoms with Gasteiger partial charge in [0, 0.05) is 31.4 Å². The van der Waals surface area contributed by atoms with Gasteiger partial charge in [-0.15, -0.1) is 4.40 Å². The van der Waals surface area contributed by atoms with Crippen LogP contribution in [0.4, 0.5) is 10.5 Å². The van der Waals surface area contributed by atoms with E-state index in [0.29, 0.717) is 38.0 Å². The highest BCUT2D eigenvalue weighted by molar-refractivity contribution is 7.90. The molecule has 2 N–H and O–H groups in total. The predicted octanol–water partition coefficient (Wildman–Crippen LogP) is 8.58. The van der Waals surface area contributed by atoms with Crippen molar-refractivity contribution in [2.75, 3.05) is 32.6 Å². The molecule has 2 saturated heterocycles. The number of anilines is 1. The summed E-state index contributed by atoms with van der Waals surface area (Å²) in [6, 6.07) is 17.2. The van der Waals surface area contributed by atoms with E-state index in [1.54, 1.807) is 11.0 Å². The van der Waals surface area contributed by atoms with Crippen LogP contribution in [0.15, 0.2) is 75.1 Å². The van der Waals surface area contributed by atoms with Crippen LogP contribution in [-0.2, 0) is 46.7 Å². The number of nitrogens with one attached hydrogen (secondary N) is 2. The largest absolute Gasteiger partial charge is 0.469 e. The fraction of sp³-hybridized carbons (Fsp3) is 0.509. The topological polar surface area (TPSA) is 176 Å². The van der Waals surface area contributed by atoms with Crippen molar-refractivity contribution >= 4 is 56.7 Å². The summed E-state index contributed by atoms with van der Waals surface area (Å²) in [5.41, 5.74) is 10.8. The molecule has 3 aromatic rings. The molecule has 1 spiro atoms. The summed E-state index contributed by atoms with van der Waals surface area (Å²) < 4.78 is 41.6. The fourth-order valence-electron chi connectivity index (χ4n) is 11.8. The van der Waals surface area contributed by atoms with Crippen LogP contribution in [0.1, 0.15) is 109 Å². The van der Waals surface area contributed by atoms with E-state index in [-0.39, 0.29) is 52.3 Å². The number of carbonyl (C=O) groups is 4. The summed E-state index contributed by atoms with van der Waals surface area (Å²) in [6.07, 6.45) is 11.6. The van der Waals surface area contributed by atoms with Gasteiger partial charge in [0.15, 0.2) is 0 Å². The first-order chi connectivity index (χ1) is 32.6. The van der Waals surface area contributed by atoms with Crippen LogP contribution in [0, 0.1) is 23.2 Å². The lowest BCUT2D eigenvalue weighted by Gasteiger charge is -2.32. The molecule has 4 heterocycles. The molecule has 360 valence electrons. The summed E-state index contributed by atoms with van der Waals surface area (Å²) in [4.78, 5) is 60.6. The van der Waals surface area contributed by atoms with Crippen molar-refractivity contribution < 1.29 is 37.1 Å². The quantitative estimate of drug-likeness (QED) is 0.169. The minimum Gasteiger partial charge on any atom is -0.469 e. The number of likely N-dealkylation sites (tertiary alicyclic amines) is 2. The van der Waals surface area contributed by atoms with Crippen molar-refractivity contribution in [2.45, 2.75) is 128 Å². The molecule has 0 unspecified atom stereocenters. The average Bonchev–Trinajstić information content (AvgIpc) is 4.19. The number of aliphatic imine (C=N–C) groups is 1. The number of benzene rings is 3. The van der Waals surface area contributed by atoms with E-state index < -0.39 is 40.1 Å². The van der Waals surface area contributed by atoms with Gasteiger partial charge in [0.2, 0.25) is 11.8 Å². The van der Waals surface area contributed by atoms with Gasteiger partial charge >= 0.3 is 12.1 Å². The van der Waals surface area contributed by atoms with E-state index in [4.69, 9.17) is 14.5 Å². The third-order valence-corrected chi connectivity index (χ3v) is 16.8. The number of sulfonamides is 1. The molecular formula is C53H64N6O8S. The molecule has 9 rings (SSSR count). The highest BCUT2D eigenvalue weighted by Crippen LogP contribution is 2.53. The van der Waals surface area contributed by atoms with Crippen LogP contribution in [0.25, 0.3) is 27.8 Å². The zero-order valence-electron chi connectivity index (χ0n) is 40.1. The Morgan fingerprint density at radius 2 is 1.40 bits per heavy atom. The lowest BCUT2D eigenvalue weighted by Crippen LogP contribution is -2.53. The number of carbonyl (C=O) groups excluding carboxylic acids is 4. The Labute approximate surface area is 400 Å². The number of hydrogen-bond donors (Lipinski definition) is 2. The normalized spacial score (nSPS) is 22.0. The first-order valence-corrected chi connectivity index (χ1v) is 25.8. The van der Waals surface area contributed by atoms with E-state index in [0.717, 1.165) is 59.2 Å². The van der Waals surface area contributed by atoms with Crippen molar-refractivity contribution in [1.29, 1.82) is 0 Å². The Morgan fingerprint density at radius 3 is 2.03 bits per heavy atom. The molecule has 4 atom stereocenters. The van der Waals surface area contributed by atoms with Crippen molar-refractivity contribution in [3.8, 4) is 22.3 Å². The Bertz CT molecular complexity index is 2720. The van der Waals surface area contributed by atoms with Crippen molar-refractivity contribution in [1.82, 2.24) is 15.1 Å². The van der Waals surface area contributed by atoms with Crippen molar-refractivity contribution in [2.24, 2.45) is 32.6 Å². The van der Waals surface area contributed by atoms with Crippen LogP contribution < -0.4 is 10.6 Å². The molecule has 2 aliphatic carbocycles. The van der Waals surface area contributed by atoms with Gasteiger partial charge < -0.3 is 29.9 Å². The fourth-order valence-corrected chi connectivity index (χ4v) is 12.9. The van der Waals surface area contributed by atoms with Gasteiger partial charge in [-0.1, -0.05) is 83.0 Å². The van der Waals surface area contributed by atoms with Crippen LogP contribution in [-0.4, -0.2) is 99.1 Å². The number of amidine groups is 1. The van der Waals surface area contributed by atoms with E-state index >= 15 is 0 Å². The molecular weight excluding hydrogens is 881 g/mol. The third-order valence-electron chi connectivity index (χ3n) is 15.5. The second kappa shape index (κ2) is 18.9. The molecule has 0 bridgehead atoms. The second-order valence-corrected chi connectivity index (χ2v) is 21.9. The van der Waals surface area contributed by atoms with Gasteiger partial charge in [0.05, 0.1) is 44.3 Å². The number of fused-ring (bicyclic) bond motifs is 2. The molecule has 68 heavy (non-hydrogen) atoms. The maximum absolute atomic E-state index is 14.0. The number of hydrogen-bond acceptors (Lipinski definition) is 10. The number of nitrogens with zero attached hydrogens (tertiary/aromatic N) is 4. The van der Waals surface area contributed by atoms with Crippen LogP contribution >= 0.6 is 0 Å². The van der Waals surface area contributed by atoms with Crippen LogP contribution in [0.5, 0.6) is 0 Å². The molecule has 15 heteroatoms. The SMILES string of the molecule is COC(=O)C[C@H](C(=O)N1CCC[C@H]1C1=NS(=O)(=O)c2ccc(-c3ccc(-c4ccc(C5=CN=C([C@@H]6CCCN6C(=O)[C@@H](NC(=O)OC)C(C)C)C5)cc4)c4c3CC3(CCCC3)C4)cc2N1)C(C)C. The molecule has 0 aromatic heterocycles. The van der Waals surface area contributed by atoms with E-state index in [1.807, 2.05) is 50.9 Å². The Hall–Kier alpha value is -5.83. The summed E-state index contributed by atoms with van der Waals surface area (Å²) in [7, 11) is -1.46. The Kier molecular flexibility index (Phi) is 13.2. The third kappa shape index (κ3) is 8.98. The minimum atomic E-state index is -4.07. The smallest absolute Gasteiger partial charge is 0.407 e. The Balaban J connectivity index is 0.951. The first-order valence-electron chi connectivity index (χ1n) is 24.4. The van der Waals surface area contributed by atoms with Gasteiger partial charge in [-0.2, -0.15) is 8.42 Å². The zero-order valence-corrected chi connectivity index (χ0v) is 40.9. The number of esters is 1. The number of ether oxygens (including phenoxy) is 2. The maximum atomic E-state index is 14.0. The second-order valence-electron chi connectivity index (χ2n) is 20.4. The molecule has 3 amide bonds. The number of methoxy groups -OCH3 is 2. The number of allylic oxidation sites excluding steroid dienone is 1. The molecule has 4 aliphatic heterocycles. The van der Waals surface area contributed by atoms with Crippen molar-refractivity contribution in [3.05, 3.63) is 77.5 Å². The van der Waals surface area contributed by atoms with Crippen LogP contribution in [0.2, 0.25) is 0 Å². The van der Waals surface area contributed by atoms with Crippen molar-refractivity contribution in [3.63, 3.8) is 0 Å². The highest BCUT2D eigenvalue weighted by atomic mass is 32.2. The number of rotatable bonds is 12.